The molecule has 0 N–H and O–H groups in total. The molecule has 3 amide bonds. The Hall–Kier alpha value is -3.23. The number of carbonyl (C=O) groups excluding carboxylic acids is 3. The SMILES string of the molecule is CC(C)(C)OC(=O)N1CCN(c2ccc(Cl)cc2C=C2C(=O)N(C(=O)OC(C)(C)C)c3cc(Cl)ccc32)CC1. The van der Waals surface area contributed by atoms with E-state index in [0.29, 0.717) is 58.6 Å². The largest absolute Gasteiger partial charge is 0.444 e. The number of anilines is 2. The number of ether oxygens (including phenoxy) is 2. The Morgan fingerprint density at radius 1 is 0.795 bits per heavy atom. The number of fused-ring (bicyclic) bond motifs is 1. The van der Waals surface area contributed by atoms with Gasteiger partial charge in [0, 0.05) is 53.0 Å². The van der Waals surface area contributed by atoms with E-state index in [-0.39, 0.29) is 6.09 Å². The van der Waals surface area contributed by atoms with Crippen molar-refractivity contribution in [2.75, 3.05) is 36.0 Å². The molecule has 0 radical (unpaired) electrons. The third-order valence-corrected chi connectivity index (χ3v) is 6.53. The molecule has 2 aliphatic rings. The summed E-state index contributed by atoms with van der Waals surface area (Å²) in [6.07, 6.45) is 0.625. The average Bonchev–Trinajstić information content (AvgIpc) is 3.07. The van der Waals surface area contributed by atoms with Gasteiger partial charge in [-0.1, -0.05) is 29.3 Å². The van der Waals surface area contributed by atoms with Crippen LogP contribution in [0.5, 0.6) is 0 Å². The summed E-state index contributed by atoms with van der Waals surface area (Å²) >= 11 is 12.6. The Balaban J connectivity index is 1.66. The molecule has 2 heterocycles. The summed E-state index contributed by atoms with van der Waals surface area (Å²) in [6, 6.07) is 10.4. The van der Waals surface area contributed by atoms with Gasteiger partial charge in [-0.05, 0) is 78.0 Å². The Morgan fingerprint density at radius 3 is 1.97 bits per heavy atom. The van der Waals surface area contributed by atoms with Gasteiger partial charge in [-0.25, -0.2) is 14.5 Å². The lowest BCUT2D eigenvalue weighted by Gasteiger charge is -2.37. The Morgan fingerprint density at radius 2 is 1.36 bits per heavy atom. The molecule has 2 aliphatic heterocycles. The highest BCUT2D eigenvalue weighted by molar-refractivity contribution is 6.42. The summed E-state index contributed by atoms with van der Waals surface area (Å²) in [6.45, 7) is 12.9. The maximum atomic E-state index is 13.6. The molecule has 8 nitrogen and oxygen atoms in total. The van der Waals surface area contributed by atoms with Crippen molar-refractivity contribution in [2.45, 2.75) is 52.7 Å². The van der Waals surface area contributed by atoms with Gasteiger partial charge in [-0.3, -0.25) is 4.79 Å². The highest BCUT2D eigenvalue weighted by Gasteiger charge is 2.39. The van der Waals surface area contributed by atoms with Gasteiger partial charge < -0.3 is 19.3 Å². The number of benzene rings is 2. The van der Waals surface area contributed by atoms with Crippen LogP contribution < -0.4 is 9.80 Å². The Kier molecular flexibility index (Phi) is 7.92. The van der Waals surface area contributed by atoms with Gasteiger partial charge in [-0.15, -0.1) is 0 Å². The van der Waals surface area contributed by atoms with Gasteiger partial charge in [0.1, 0.15) is 11.2 Å². The smallest absolute Gasteiger partial charge is 0.422 e. The normalized spacial score (nSPS) is 17.0. The van der Waals surface area contributed by atoms with Gasteiger partial charge >= 0.3 is 12.2 Å². The number of carbonyl (C=O) groups is 3. The van der Waals surface area contributed by atoms with Crippen LogP contribution in [-0.2, 0) is 14.3 Å². The molecule has 0 aliphatic carbocycles. The van der Waals surface area contributed by atoms with Gasteiger partial charge in [0.25, 0.3) is 5.91 Å². The van der Waals surface area contributed by atoms with Crippen molar-refractivity contribution in [1.82, 2.24) is 4.90 Å². The fraction of sp³-hybridized carbons (Fsp3) is 0.414. The molecule has 2 aromatic carbocycles. The summed E-state index contributed by atoms with van der Waals surface area (Å²) in [5, 5.41) is 0.895. The summed E-state index contributed by atoms with van der Waals surface area (Å²) in [4.78, 5) is 44.0. The number of hydrogen-bond acceptors (Lipinski definition) is 6. The lowest BCUT2D eigenvalue weighted by atomic mass is 10.0. The predicted octanol–water partition coefficient (Wildman–Crippen LogP) is 6.87. The second kappa shape index (κ2) is 10.7. The molecule has 39 heavy (non-hydrogen) atoms. The third kappa shape index (κ3) is 6.68. The molecular weight excluding hydrogens is 541 g/mol. The van der Waals surface area contributed by atoms with Gasteiger partial charge in [0.05, 0.1) is 11.3 Å². The number of nitrogens with zero attached hydrogens (tertiary/aromatic N) is 3. The first-order chi connectivity index (χ1) is 18.1. The quantitative estimate of drug-likeness (QED) is 0.364. The van der Waals surface area contributed by atoms with Crippen molar-refractivity contribution < 1.29 is 23.9 Å². The van der Waals surface area contributed by atoms with Crippen molar-refractivity contribution in [3.8, 4) is 0 Å². The van der Waals surface area contributed by atoms with Crippen molar-refractivity contribution in [2.24, 2.45) is 0 Å². The van der Waals surface area contributed by atoms with E-state index in [1.165, 1.54) is 0 Å². The van der Waals surface area contributed by atoms with Crippen molar-refractivity contribution >= 4 is 64.3 Å². The third-order valence-electron chi connectivity index (χ3n) is 6.06. The molecule has 0 bridgehead atoms. The van der Waals surface area contributed by atoms with E-state index in [4.69, 9.17) is 32.7 Å². The van der Waals surface area contributed by atoms with Crippen LogP contribution in [-0.4, -0.2) is 60.4 Å². The van der Waals surface area contributed by atoms with E-state index in [0.717, 1.165) is 10.6 Å². The number of piperazine rings is 1. The first kappa shape index (κ1) is 28.8. The fourth-order valence-electron chi connectivity index (χ4n) is 4.43. The number of halogens is 2. The van der Waals surface area contributed by atoms with Crippen LogP contribution in [0.2, 0.25) is 10.0 Å². The summed E-state index contributed by atoms with van der Waals surface area (Å²) in [5.41, 5.74) is 1.47. The topological polar surface area (TPSA) is 79.4 Å². The first-order valence-corrected chi connectivity index (χ1v) is 13.5. The van der Waals surface area contributed by atoms with E-state index >= 15 is 0 Å². The zero-order chi connectivity index (χ0) is 28.7. The molecule has 2 aromatic rings. The van der Waals surface area contributed by atoms with Crippen LogP contribution in [0.1, 0.15) is 52.7 Å². The van der Waals surface area contributed by atoms with E-state index in [2.05, 4.69) is 4.90 Å². The summed E-state index contributed by atoms with van der Waals surface area (Å²) in [7, 11) is 0. The molecule has 1 fully saturated rings. The lowest BCUT2D eigenvalue weighted by Crippen LogP contribution is -2.50. The van der Waals surface area contributed by atoms with E-state index in [1.54, 1.807) is 62.1 Å². The van der Waals surface area contributed by atoms with Crippen molar-refractivity contribution in [3.05, 3.63) is 57.6 Å². The van der Waals surface area contributed by atoms with Gasteiger partial charge in [0.15, 0.2) is 0 Å². The van der Waals surface area contributed by atoms with Crippen LogP contribution in [0.15, 0.2) is 36.4 Å². The molecule has 0 unspecified atom stereocenters. The zero-order valence-corrected chi connectivity index (χ0v) is 24.5. The lowest BCUT2D eigenvalue weighted by molar-refractivity contribution is -0.112. The maximum absolute atomic E-state index is 13.6. The standard InChI is InChI=1S/C29H33Cl2N3O5/c1-28(2,3)38-26(36)33-13-11-32(12-14-33)23-10-8-19(30)15-18(23)16-22-21-9-7-20(31)17-24(21)34(25(22)35)27(37)39-29(4,5)6/h7-10,15-17H,11-14H2,1-6H3. The number of imide groups is 1. The molecule has 10 heteroatoms. The molecule has 0 aromatic heterocycles. The van der Waals surface area contributed by atoms with Crippen molar-refractivity contribution in [3.63, 3.8) is 0 Å². The highest BCUT2D eigenvalue weighted by atomic mass is 35.5. The zero-order valence-electron chi connectivity index (χ0n) is 23.0. The summed E-state index contributed by atoms with van der Waals surface area (Å²) < 4.78 is 11.0. The molecule has 0 saturated carbocycles. The molecule has 4 rings (SSSR count). The van der Waals surface area contributed by atoms with Crippen molar-refractivity contribution in [1.29, 1.82) is 0 Å². The van der Waals surface area contributed by atoms with Crippen LogP contribution in [0.3, 0.4) is 0 Å². The molecule has 0 spiro atoms. The van der Waals surface area contributed by atoms with Crippen LogP contribution in [0.25, 0.3) is 11.6 Å². The minimum Gasteiger partial charge on any atom is -0.444 e. The monoisotopic (exact) mass is 573 g/mol. The van der Waals surface area contributed by atoms with Gasteiger partial charge in [-0.2, -0.15) is 0 Å². The van der Waals surface area contributed by atoms with Crippen LogP contribution >= 0.6 is 23.2 Å². The Bertz CT molecular complexity index is 1340. The molecular formula is C29H33Cl2N3O5. The number of rotatable bonds is 2. The molecule has 0 atom stereocenters. The highest BCUT2D eigenvalue weighted by Crippen LogP contribution is 2.41. The van der Waals surface area contributed by atoms with Crippen LogP contribution in [0, 0.1) is 0 Å². The summed E-state index contributed by atoms with van der Waals surface area (Å²) in [5.74, 6) is -0.512. The number of hydrogen-bond donors (Lipinski definition) is 0. The maximum Gasteiger partial charge on any atom is 0.422 e. The van der Waals surface area contributed by atoms with Gasteiger partial charge in [0.2, 0.25) is 0 Å². The Labute approximate surface area is 239 Å². The minimum absolute atomic E-state index is 0.323. The van der Waals surface area contributed by atoms with Crippen LogP contribution in [0.4, 0.5) is 21.0 Å². The van der Waals surface area contributed by atoms with E-state index < -0.39 is 23.2 Å². The second-order valence-corrected chi connectivity index (χ2v) is 12.4. The van der Waals surface area contributed by atoms with E-state index in [1.807, 2.05) is 26.8 Å². The number of amides is 3. The average molecular weight is 575 g/mol. The molecule has 1 saturated heterocycles. The second-order valence-electron chi connectivity index (χ2n) is 11.5. The fourth-order valence-corrected chi connectivity index (χ4v) is 4.78. The predicted molar refractivity (Wildman–Crippen MR) is 155 cm³/mol. The first-order valence-electron chi connectivity index (χ1n) is 12.7. The molecule has 208 valence electrons. The van der Waals surface area contributed by atoms with E-state index in [9.17, 15) is 14.4 Å². The minimum atomic E-state index is -0.788.